The van der Waals surface area contributed by atoms with Crippen LogP contribution in [0.15, 0.2) is 18.2 Å². The second kappa shape index (κ2) is 7.46. The number of hydrogen-bond acceptors (Lipinski definition) is 5. The molecule has 2 fully saturated rings. The van der Waals surface area contributed by atoms with Gasteiger partial charge < -0.3 is 20.1 Å². The summed E-state index contributed by atoms with van der Waals surface area (Å²) in [6.45, 7) is 3.84. The molecule has 132 valence electrons. The lowest BCUT2D eigenvalue weighted by Gasteiger charge is -2.36. The number of carbonyl (C=O) groups excluding carboxylic acids is 1. The summed E-state index contributed by atoms with van der Waals surface area (Å²) in [6, 6.07) is 4.26. The van der Waals surface area contributed by atoms with Crippen LogP contribution >= 0.6 is 0 Å². The third-order valence-corrected chi connectivity index (χ3v) is 4.73. The second-order valence-corrected chi connectivity index (χ2v) is 6.41. The molecule has 2 unspecified atom stereocenters. The Hall–Kier alpha value is -1.70. The molecule has 0 bridgehead atoms. The summed E-state index contributed by atoms with van der Waals surface area (Å²) in [4.78, 5) is 16.5. The van der Waals surface area contributed by atoms with Crippen molar-refractivity contribution in [2.45, 2.75) is 25.1 Å². The van der Waals surface area contributed by atoms with E-state index in [9.17, 15) is 14.3 Å². The molecular weight excluding hydrogens is 313 g/mol. The van der Waals surface area contributed by atoms with E-state index < -0.39 is 6.10 Å². The van der Waals surface area contributed by atoms with Gasteiger partial charge in [-0.1, -0.05) is 0 Å². The fourth-order valence-electron chi connectivity index (χ4n) is 3.36. The second-order valence-electron chi connectivity index (χ2n) is 6.41. The van der Waals surface area contributed by atoms with Gasteiger partial charge in [0, 0.05) is 44.8 Å². The van der Waals surface area contributed by atoms with Crippen LogP contribution in [0.3, 0.4) is 0 Å². The highest BCUT2D eigenvalue weighted by Crippen LogP contribution is 2.22. The predicted octanol–water partition coefficient (Wildman–Crippen LogP) is 0.201. The molecule has 2 heterocycles. The molecule has 2 aliphatic rings. The van der Waals surface area contributed by atoms with Gasteiger partial charge in [-0.15, -0.1) is 0 Å². The first-order valence-corrected chi connectivity index (χ1v) is 8.32. The van der Waals surface area contributed by atoms with E-state index in [1.165, 1.54) is 12.1 Å². The van der Waals surface area contributed by atoms with Crippen molar-refractivity contribution in [2.75, 3.05) is 39.8 Å². The highest BCUT2D eigenvalue weighted by molar-refractivity contribution is 5.82. The topological polar surface area (TPSA) is 65.0 Å². The number of nitrogens with zero attached hydrogens (tertiary/aromatic N) is 2. The van der Waals surface area contributed by atoms with Crippen LogP contribution in [-0.2, 0) is 11.3 Å². The molecule has 1 amide bonds. The first-order valence-electron chi connectivity index (χ1n) is 8.32. The normalized spacial score (nSPS) is 25.0. The summed E-state index contributed by atoms with van der Waals surface area (Å²) in [5.41, 5.74) is 0.817. The van der Waals surface area contributed by atoms with E-state index >= 15 is 0 Å². The number of halogens is 1. The van der Waals surface area contributed by atoms with Crippen LogP contribution in [0.1, 0.15) is 12.0 Å². The van der Waals surface area contributed by atoms with E-state index in [1.54, 1.807) is 13.2 Å². The average Bonchev–Trinajstić information content (AvgIpc) is 3.02. The van der Waals surface area contributed by atoms with E-state index in [1.807, 2.05) is 4.90 Å². The zero-order valence-electron chi connectivity index (χ0n) is 13.9. The van der Waals surface area contributed by atoms with Crippen LogP contribution in [0.2, 0.25) is 0 Å². The van der Waals surface area contributed by atoms with E-state index in [0.29, 0.717) is 38.3 Å². The molecule has 7 heteroatoms. The number of ether oxygens (including phenoxy) is 1. The number of aliphatic hydroxyl groups excluding tert-OH is 1. The number of benzene rings is 1. The van der Waals surface area contributed by atoms with Gasteiger partial charge in [-0.05, 0) is 24.6 Å². The first-order chi connectivity index (χ1) is 11.6. The van der Waals surface area contributed by atoms with Crippen molar-refractivity contribution in [2.24, 2.45) is 0 Å². The Morgan fingerprint density at radius 3 is 2.75 bits per heavy atom. The number of β-amino-alcohol motifs (C(OH)–C–C–N with tert-alkyl or cyclic N) is 1. The minimum Gasteiger partial charge on any atom is -0.496 e. The summed E-state index contributed by atoms with van der Waals surface area (Å²) < 4.78 is 18.7. The van der Waals surface area contributed by atoms with E-state index in [2.05, 4.69) is 10.2 Å². The van der Waals surface area contributed by atoms with Gasteiger partial charge in [0.05, 0.1) is 19.3 Å². The van der Waals surface area contributed by atoms with Gasteiger partial charge in [0.1, 0.15) is 11.6 Å². The van der Waals surface area contributed by atoms with Crippen molar-refractivity contribution < 1.29 is 19.0 Å². The van der Waals surface area contributed by atoms with Gasteiger partial charge in [0.2, 0.25) is 5.91 Å². The maximum absolute atomic E-state index is 13.5. The number of aliphatic hydroxyl groups is 1. The third kappa shape index (κ3) is 3.85. The zero-order valence-corrected chi connectivity index (χ0v) is 13.9. The van der Waals surface area contributed by atoms with E-state index in [0.717, 1.165) is 18.7 Å². The molecule has 3 rings (SSSR count). The molecule has 2 atom stereocenters. The maximum Gasteiger partial charge on any atom is 0.239 e. The van der Waals surface area contributed by atoms with Crippen LogP contribution in [0.25, 0.3) is 0 Å². The molecule has 0 radical (unpaired) electrons. The number of rotatable bonds is 4. The Labute approximate surface area is 141 Å². The summed E-state index contributed by atoms with van der Waals surface area (Å²) in [6.07, 6.45) is 0.0557. The fraction of sp³-hybridized carbons (Fsp3) is 0.588. The van der Waals surface area contributed by atoms with Gasteiger partial charge in [-0.2, -0.15) is 0 Å². The van der Waals surface area contributed by atoms with Crippen LogP contribution in [0, 0.1) is 5.82 Å². The SMILES string of the molecule is COc1ccc(F)cc1CN1CCN(C(=O)C2CC(O)CN2)CC1. The molecule has 6 nitrogen and oxygen atoms in total. The van der Waals surface area contributed by atoms with Crippen molar-refractivity contribution in [1.29, 1.82) is 0 Å². The van der Waals surface area contributed by atoms with Gasteiger partial charge in [-0.3, -0.25) is 9.69 Å². The first kappa shape index (κ1) is 17.1. The highest BCUT2D eigenvalue weighted by Gasteiger charge is 2.32. The Kier molecular flexibility index (Phi) is 5.33. The van der Waals surface area contributed by atoms with Crippen molar-refractivity contribution in [1.82, 2.24) is 15.1 Å². The molecule has 0 saturated carbocycles. The lowest BCUT2D eigenvalue weighted by molar-refractivity contribution is -0.135. The standard InChI is InChI=1S/C17H24FN3O3/c1-24-16-3-2-13(18)8-12(16)11-20-4-6-21(7-5-20)17(23)15-9-14(22)10-19-15/h2-3,8,14-15,19,22H,4-7,9-11H2,1H3. The van der Waals surface area contributed by atoms with Crippen molar-refractivity contribution in [3.63, 3.8) is 0 Å². The molecule has 2 aliphatic heterocycles. The Morgan fingerprint density at radius 2 is 2.12 bits per heavy atom. The number of hydrogen-bond donors (Lipinski definition) is 2. The van der Waals surface area contributed by atoms with Crippen LogP contribution in [0.4, 0.5) is 4.39 Å². The number of nitrogens with one attached hydrogen (secondary N) is 1. The molecule has 0 spiro atoms. The monoisotopic (exact) mass is 337 g/mol. The quantitative estimate of drug-likeness (QED) is 0.822. The minimum absolute atomic E-state index is 0.0644. The number of carbonyl (C=O) groups is 1. The van der Waals surface area contributed by atoms with Gasteiger partial charge in [0.25, 0.3) is 0 Å². The Bertz CT molecular complexity index is 590. The van der Waals surface area contributed by atoms with E-state index in [-0.39, 0.29) is 17.8 Å². The largest absolute Gasteiger partial charge is 0.496 e. The van der Waals surface area contributed by atoms with Crippen LogP contribution in [-0.4, -0.2) is 72.8 Å². The van der Waals surface area contributed by atoms with Gasteiger partial charge >= 0.3 is 0 Å². The predicted molar refractivity (Wildman–Crippen MR) is 87.2 cm³/mol. The molecule has 24 heavy (non-hydrogen) atoms. The molecule has 1 aromatic carbocycles. The van der Waals surface area contributed by atoms with Crippen LogP contribution in [0.5, 0.6) is 5.75 Å². The van der Waals surface area contributed by atoms with Gasteiger partial charge in [-0.25, -0.2) is 4.39 Å². The van der Waals surface area contributed by atoms with Crippen molar-refractivity contribution in [3.05, 3.63) is 29.6 Å². The third-order valence-electron chi connectivity index (χ3n) is 4.73. The van der Waals surface area contributed by atoms with Crippen molar-refractivity contribution in [3.8, 4) is 5.75 Å². The molecule has 2 N–H and O–H groups in total. The number of methoxy groups -OCH3 is 1. The van der Waals surface area contributed by atoms with Crippen LogP contribution < -0.4 is 10.1 Å². The lowest BCUT2D eigenvalue weighted by atomic mass is 10.1. The fourth-order valence-corrected chi connectivity index (χ4v) is 3.36. The molecule has 2 saturated heterocycles. The molecule has 0 aromatic heterocycles. The summed E-state index contributed by atoms with van der Waals surface area (Å²) in [5.74, 6) is 0.471. The maximum atomic E-state index is 13.5. The van der Waals surface area contributed by atoms with Crippen molar-refractivity contribution >= 4 is 5.91 Å². The minimum atomic E-state index is -0.430. The summed E-state index contributed by atoms with van der Waals surface area (Å²) >= 11 is 0. The van der Waals surface area contributed by atoms with Gasteiger partial charge in [0.15, 0.2) is 0 Å². The summed E-state index contributed by atoms with van der Waals surface area (Å²) in [5, 5.41) is 12.6. The summed E-state index contributed by atoms with van der Waals surface area (Å²) in [7, 11) is 1.58. The average molecular weight is 337 g/mol. The smallest absolute Gasteiger partial charge is 0.239 e. The lowest BCUT2D eigenvalue weighted by Crippen LogP contribution is -2.52. The zero-order chi connectivity index (χ0) is 17.1. The van der Waals surface area contributed by atoms with E-state index in [4.69, 9.17) is 4.74 Å². The number of amides is 1. The highest BCUT2D eigenvalue weighted by atomic mass is 19.1. The molecule has 0 aliphatic carbocycles. The number of piperazine rings is 1. The molecule has 1 aromatic rings. The molecular formula is C17H24FN3O3. The Morgan fingerprint density at radius 1 is 1.38 bits per heavy atom. The Balaban J connectivity index is 1.54.